The molecule has 4 heteroatoms. The number of H-pyrrole nitrogens is 1. The summed E-state index contributed by atoms with van der Waals surface area (Å²) in [5, 5.41) is 7.24. The largest absolute Gasteiger partial charge is 0.289 e. The molecular formula is C12H10N4. The molecule has 1 N–H and O–H groups in total. The summed E-state index contributed by atoms with van der Waals surface area (Å²) in [5.74, 6) is 0.844. The molecule has 0 aliphatic heterocycles. The van der Waals surface area contributed by atoms with Gasteiger partial charge in [0.2, 0.25) is 0 Å². The van der Waals surface area contributed by atoms with Crippen molar-refractivity contribution in [1.82, 2.24) is 19.7 Å². The van der Waals surface area contributed by atoms with Crippen LogP contribution in [-0.2, 0) is 0 Å². The molecular weight excluding hydrogens is 200 g/mol. The van der Waals surface area contributed by atoms with Crippen LogP contribution in [0.5, 0.6) is 0 Å². The van der Waals surface area contributed by atoms with Gasteiger partial charge in [-0.1, -0.05) is 30.3 Å². The number of hydrogen-bond donors (Lipinski definition) is 1. The van der Waals surface area contributed by atoms with Crippen LogP contribution in [0.1, 0.15) is 0 Å². The van der Waals surface area contributed by atoms with Crippen LogP contribution in [0.15, 0.2) is 55.1 Å². The molecule has 2 heterocycles. The maximum absolute atomic E-state index is 4.23. The maximum Gasteiger partial charge on any atom is 0.160 e. The Morgan fingerprint density at radius 2 is 2.00 bits per heavy atom. The van der Waals surface area contributed by atoms with Gasteiger partial charge in [0.15, 0.2) is 5.82 Å². The summed E-state index contributed by atoms with van der Waals surface area (Å²) >= 11 is 0. The van der Waals surface area contributed by atoms with Crippen LogP contribution in [-0.4, -0.2) is 19.7 Å². The van der Waals surface area contributed by atoms with Gasteiger partial charge in [-0.3, -0.25) is 9.67 Å². The van der Waals surface area contributed by atoms with Crippen molar-refractivity contribution in [2.75, 3.05) is 0 Å². The Hall–Kier alpha value is -2.36. The number of hydrogen-bond acceptors (Lipinski definition) is 2. The average Bonchev–Trinajstić information content (AvgIpc) is 3.01. The van der Waals surface area contributed by atoms with Crippen LogP contribution < -0.4 is 0 Å². The summed E-state index contributed by atoms with van der Waals surface area (Å²) in [7, 11) is 0. The third kappa shape index (κ3) is 1.50. The van der Waals surface area contributed by atoms with Gasteiger partial charge in [-0.2, -0.15) is 5.10 Å². The van der Waals surface area contributed by atoms with Crippen molar-refractivity contribution in [3.8, 4) is 17.1 Å². The van der Waals surface area contributed by atoms with E-state index in [1.54, 1.807) is 12.5 Å². The van der Waals surface area contributed by atoms with E-state index >= 15 is 0 Å². The van der Waals surface area contributed by atoms with Crippen LogP contribution in [0.25, 0.3) is 17.1 Å². The molecule has 0 fully saturated rings. The molecule has 3 aromatic rings. The van der Waals surface area contributed by atoms with Crippen LogP contribution >= 0.6 is 0 Å². The normalized spacial score (nSPS) is 10.5. The van der Waals surface area contributed by atoms with Crippen LogP contribution in [0.4, 0.5) is 0 Å². The van der Waals surface area contributed by atoms with Crippen LogP contribution in [0.2, 0.25) is 0 Å². The molecule has 0 bridgehead atoms. The Morgan fingerprint density at radius 1 is 1.12 bits per heavy atom. The van der Waals surface area contributed by atoms with Crippen LogP contribution in [0, 0.1) is 0 Å². The van der Waals surface area contributed by atoms with E-state index in [2.05, 4.69) is 15.2 Å². The van der Waals surface area contributed by atoms with Crippen molar-refractivity contribution in [2.24, 2.45) is 0 Å². The van der Waals surface area contributed by atoms with E-state index in [1.165, 1.54) is 0 Å². The van der Waals surface area contributed by atoms with E-state index in [1.807, 2.05) is 47.2 Å². The highest BCUT2D eigenvalue weighted by molar-refractivity contribution is 5.60. The predicted molar refractivity (Wildman–Crippen MR) is 61.1 cm³/mol. The predicted octanol–water partition coefficient (Wildman–Crippen LogP) is 2.26. The number of imidazole rings is 1. The Kier molecular flexibility index (Phi) is 2.04. The number of nitrogens with zero attached hydrogens (tertiary/aromatic N) is 3. The van der Waals surface area contributed by atoms with E-state index < -0.39 is 0 Å². The molecule has 78 valence electrons. The first-order valence-electron chi connectivity index (χ1n) is 5.02. The topological polar surface area (TPSA) is 46.5 Å². The van der Waals surface area contributed by atoms with Gasteiger partial charge in [-0.05, 0) is 5.56 Å². The standard InChI is InChI=1S/C12H10N4/c1-2-4-10(5-3-1)11-8-12(15-14-11)16-7-6-13-9-16/h1-9H,(H,14,15). The Morgan fingerprint density at radius 3 is 2.75 bits per heavy atom. The van der Waals surface area contributed by atoms with Crippen molar-refractivity contribution in [3.05, 3.63) is 55.1 Å². The highest BCUT2D eigenvalue weighted by Crippen LogP contribution is 2.18. The van der Waals surface area contributed by atoms with Crippen LogP contribution in [0.3, 0.4) is 0 Å². The zero-order chi connectivity index (χ0) is 10.8. The molecule has 0 atom stereocenters. The average molecular weight is 210 g/mol. The lowest BCUT2D eigenvalue weighted by Gasteiger charge is -1.94. The molecule has 2 aromatic heterocycles. The lowest BCUT2D eigenvalue weighted by atomic mass is 10.2. The summed E-state index contributed by atoms with van der Waals surface area (Å²) in [6.07, 6.45) is 5.33. The fourth-order valence-electron chi connectivity index (χ4n) is 1.60. The Bertz CT molecular complexity index is 566. The van der Waals surface area contributed by atoms with E-state index in [0.717, 1.165) is 17.1 Å². The Balaban J connectivity index is 2.00. The highest BCUT2D eigenvalue weighted by Gasteiger charge is 2.03. The number of aromatic nitrogens is 4. The van der Waals surface area contributed by atoms with Crippen molar-refractivity contribution >= 4 is 0 Å². The third-order valence-electron chi connectivity index (χ3n) is 2.42. The zero-order valence-corrected chi connectivity index (χ0v) is 8.54. The molecule has 0 saturated carbocycles. The summed E-state index contributed by atoms with van der Waals surface area (Å²) < 4.78 is 1.86. The molecule has 3 rings (SSSR count). The second kappa shape index (κ2) is 3.66. The van der Waals surface area contributed by atoms with E-state index in [9.17, 15) is 0 Å². The van der Waals surface area contributed by atoms with Gasteiger partial charge in [0, 0.05) is 18.5 Å². The molecule has 4 nitrogen and oxygen atoms in total. The summed E-state index contributed by atoms with van der Waals surface area (Å²) in [5.41, 5.74) is 2.13. The van der Waals surface area contributed by atoms with Gasteiger partial charge >= 0.3 is 0 Å². The van der Waals surface area contributed by atoms with Gasteiger partial charge in [0.1, 0.15) is 6.33 Å². The van der Waals surface area contributed by atoms with Gasteiger partial charge in [0.25, 0.3) is 0 Å². The lowest BCUT2D eigenvalue weighted by molar-refractivity contribution is 0.957. The fourth-order valence-corrected chi connectivity index (χ4v) is 1.60. The molecule has 16 heavy (non-hydrogen) atoms. The van der Waals surface area contributed by atoms with Crippen molar-refractivity contribution in [3.63, 3.8) is 0 Å². The third-order valence-corrected chi connectivity index (χ3v) is 2.42. The molecule has 0 amide bonds. The second-order valence-electron chi connectivity index (χ2n) is 3.48. The quantitative estimate of drug-likeness (QED) is 0.705. The minimum Gasteiger partial charge on any atom is -0.289 e. The Labute approximate surface area is 92.6 Å². The summed E-state index contributed by atoms with van der Waals surface area (Å²) in [6.45, 7) is 0. The maximum atomic E-state index is 4.23. The number of benzene rings is 1. The zero-order valence-electron chi connectivity index (χ0n) is 8.54. The van der Waals surface area contributed by atoms with E-state index in [-0.39, 0.29) is 0 Å². The highest BCUT2D eigenvalue weighted by atomic mass is 15.2. The van der Waals surface area contributed by atoms with Gasteiger partial charge < -0.3 is 0 Å². The molecule has 0 saturated heterocycles. The first kappa shape index (κ1) is 8.91. The van der Waals surface area contributed by atoms with Gasteiger partial charge in [0.05, 0.1) is 5.69 Å². The smallest absolute Gasteiger partial charge is 0.160 e. The minimum absolute atomic E-state index is 0.844. The molecule has 0 unspecified atom stereocenters. The number of nitrogens with one attached hydrogen (secondary N) is 1. The van der Waals surface area contributed by atoms with Crippen molar-refractivity contribution in [1.29, 1.82) is 0 Å². The first-order valence-corrected chi connectivity index (χ1v) is 5.02. The molecule has 0 radical (unpaired) electrons. The molecule has 0 spiro atoms. The lowest BCUT2D eigenvalue weighted by Crippen LogP contribution is -1.88. The first-order chi connectivity index (χ1) is 7.93. The second-order valence-corrected chi connectivity index (χ2v) is 3.48. The van der Waals surface area contributed by atoms with E-state index in [0.29, 0.717) is 0 Å². The molecule has 1 aromatic carbocycles. The van der Waals surface area contributed by atoms with Crippen molar-refractivity contribution < 1.29 is 0 Å². The number of rotatable bonds is 2. The van der Waals surface area contributed by atoms with E-state index in [4.69, 9.17) is 0 Å². The van der Waals surface area contributed by atoms with Gasteiger partial charge in [-0.15, -0.1) is 0 Å². The minimum atomic E-state index is 0.844. The SMILES string of the molecule is c1ccc(-c2cc(-n3ccnc3)n[nH]2)cc1. The van der Waals surface area contributed by atoms with Crippen molar-refractivity contribution in [2.45, 2.75) is 0 Å². The summed E-state index contributed by atoms with van der Waals surface area (Å²) in [4.78, 5) is 3.99. The fraction of sp³-hybridized carbons (Fsp3) is 0. The molecule has 0 aliphatic carbocycles. The monoisotopic (exact) mass is 210 g/mol. The molecule has 0 aliphatic rings. The van der Waals surface area contributed by atoms with Gasteiger partial charge in [-0.25, -0.2) is 4.98 Å². The summed E-state index contributed by atoms with van der Waals surface area (Å²) in [6, 6.07) is 12.1. The number of aromatic amines is 1.